The smallest absolute Gasteiger partial charge is 0.165 e. The molecule has 1 aromatic rings. The molecule has 0 amide bonds. The van der Waals surface area contributed by atoms with Gasteiger partial charge in [0, 0.05) is 19.6 Å². The molecule has 1 saturated heterocycles. The molecule has 16 heavy (non-hydrogen) atoms. The second-order valence-corrected chi connectivity index (χ2v) is 4.23. The van der Waals surface area contributed by atoms with Crippen molar-refractivity contribution in [3.63, 3.8) is 0 Å². The molecule has 0 N–H and O–H groups in total. The van der Waals surface area contributed by atoms with Gasteiger partial charge in [0.25, 0.3) is 0 Å². The third kappa shape index (κ3) is 2.76. The van der Waals surface area contributed by atoms with Crippen LogP contribution in [0.3, 0.4) is 0 Å². The molecule has 6 nitrogen and oxygen atoms in total. The zero-order valence-corrected chi connectivity index (χ0v) is 9.96. The van der Waals surface area contributed by atoms with E-state index in [2.05, 4.69) is 34.3 Å². The molecule has 0 aromatic carbocycles. The highest BCUT2D eigenvalue weighted by Gasteiger charge is 2.18. The summed E-state index contributed by atoms with van der Waals surface area (Å²) in [5.74, 6) is 0.955. The first-order valence-corrected chi connectivity index (χ1v) is 5.88. The molecule has 0 spiro atoms. The van der Waals surface area contributed by atoms with E-state index < -0.39 is 0 Å². The number of rotatable bonds is 4. The predicted octanol–water partition coefficient (Wildman–Crippen LogP) is 0.304. The van der Waals surface area contributed by atoms with Gasteiger partial charge >= 0.3 is 0 Å². The van der Waals surface area contributed by atoms with E-state index in [-0.39, 0.29) is 0 Å². The van der Waals surface area contributed by atoms with Crippen molar-refractivity contribution in [3.05, 3.63) is 5.82 Å². The number of hydrogen-bond acceptors (Lipinski definition) is 5. The molecule has 0 radical (unpaired) electrons. The zero-order valence-electron chi connectivity index (χ0n) is 9.96. The standard InChI is InChI=1S/C10H19N5O/c1-3-4-15-10(11-12-13-15)8-14-5-6-16-9(2)7-14/h9H,3-8H2,1-2H3. The van der Waals surface area contributed by atoms with Crippen LogP contribution in [0.5, 0.6) is 0 Å². The third-order valence-electron chi connectivity index (χ3n) is 2.73. The van der Waals surface area contributed by atoms with Gasteiger partial charge in [-0.25, -0.2) is 4.68 Å². The van der Waals surface area contributed by atoms with E-state index in [1.807, 2.05) is 4.68 Å². The topological polar surface area (TPSA) is 56.1 Å². The summed E-state index contributed by atoms with van der Waals surface area (Å²) in [7, 11) is 0. The highest BCUT2D eigenvalue weighted by atomic mass is 16.5. The van der Waals surface area contributed by atoms with E-state index in [9.17, 15) is 0 Å². The van der Waals surface area contributed by atoms with Crippen LogP contribution in [-0.4, -0.2) is 50.9 Å². The van der Waals surface area contributed by atoms with Crippen molar-refractivity contribution in [2.24, 2.45) is 0 Å². The number of ether oxygens (including phenoxy) is 1. The quantitative estimate of drug-likeness (QED) is 0.738. The van der Waals surface area contributed by atoms with Gasteiger partial charge in [-0.1, -0.05) is 6.92 Å². The van der Waals surface area contributed by atoms with Crippen LogP contribution in [0.25, 0.3) is 0 Å². The van der Waals surface area contributed by atoms with Gasteiger partial charge in [-0.05, 0) is 23.8 Å². The van der Waals surface area contributed by atoms with Crippen LogP contribution in [0.1, 0.15) is 26.1 Å². The minimum Gasteiger partial charge on any atom is -0.376 e. The van der Waals surface area contributed by atoms with Crippen molar-refractivity contribution >= 4 is 0 Å². The Hall–Kier alpha value is -1.01. The summed E-state index contributed by atoms with van der Waals surface area (Å²) in [5.41, 5.74) is 0. The first-order valence-electron chi connectivity index (χ1n) is 5.88. The SMILES string of the molecule is CCCn1nnnc1CN1CCOC(C)C1. The van der Waals surface area contributed by atoms with Gasteiger partial charge in [0.05, 0.1) is 19.3 Å². The summed E-state index contributed by atoms with van der Waals surface area (Å²) < 4.78 is 7.39. The Bertz CT molecular complexity index is 327. The van der Waals surface area contributed by atoms with Crippen molar-refractivity contribution in [1.29, 1.82) is 0 Å². The second-order valence-electron chi connectivity index (χ2n) is 4.23. The molecule has 0 saturated carbocycles. The van der Waals surface area contributed by atoms with Crippen molar-refractivity contribution in [2.75, 3.05) is 19.7 Å². The summed E-state index contributed by atoms with van der Waals surface area (Å²) in [6.45, 7) is 8.66. The number of hydrogen-bond donors (Lipinski definition) is 0. The van der Waals surface area contributed by atoms with Crippen molar-refractivity contribution in [1.82, 2.24) is 25.1 Å². The first-order chi connectivity index (χ1) is 7.79. The molecule has 0 aliphatic carbocycles. The van der Waals surface area contributed by atoms with Crippen LogP contribution in [0, 0.1) is 0 Å². The molecular weight excluding hydrogens is 206 g/mol. The van der Waals surface area contributed by atoms with Crippen molar-refractivity contribution < 1.29 is 4.74 Å². The molecule has 1 aliphatic heterocycles. The summed E-state index contributed by atoms with van der Waals surface area (Å²) in [5, 5.41) is 11.8. The maximum Gasteiger partial charge on any atom is 0.165 e. The number of aromatic nitrogens is 4. The molecule has 1 aliphatic rings. The lowest BCUT2D eigenvalue weighted by Crippen LogP contribution is -2.41. The molecule has 2 heterocycles. The van der Waals surface area contributed by atoms with Crippen LogP contribution in [0.15, 0.2) is 0 Å². The number of nitrogens with zero attached hydrogens (tertiary/aromatic N) is 5. The Morgan fingerprint density at radius 3 is 3.12 bits per heavy atom. The summed E-state index contributed by atoms with van der Waals surface area (Å²) >= 11 is 0. The van der Waals surface area contributed by atoms with Gasteiger partial charge in [-0.2, -0.15) is 0 Å². The molecular formula is C10H19N5O. The van der Waals surface area contributed by atoms with E-state index in [4.69, 9.17) is 4.74 Å². The fraction of sp³-hybridized carbons (Fsp3) is 0.900. The van der Waals surface area contributed by atoms with Gasteiger partial charge in [0.15, 0.2) is 5.82 Å². The minimum atomic E-state index is 0.309. The molecule has 1 fully saturated rings. The van der Waals surface area contributed by atoms with E-state index in [0.29, 0.717) is 6.10 Å². The Labute approximate surface area is 95.6 Å². The van der Waals surface area contributed by atoms with E-state index in [1.165, 1.54) is 0 Å². The second kappa shape index (κ2) is 5.36. The molecule has 2 rings (SSSR count). The summed E-state index contributed by atoms with van der Waals surface area (Å²) in [6, 6.07) is 0. The van der Waals surface area contributed by atoms with Crippen LogP contribution >= 0.6 is 0 Å². The lowest BCUT2D eigenvalue weighted by molar-refractivity contribution is -0.0224. The lowest BCUT2D eigenvalue weighted by Gasteiger charge is -2.30. The van der Waals surface area contributed by atoms with Crippen molar-refractivity contribution in [2.45, 2.75) is 39.5 Å². The summed E-state index contributed by atoms with van der Waals surface area (Å²) in [6.07, 6.45) is 1.36. The van der Waals surface area contributed by atoms with E-state index in [1.54, 1.807) is 0 Å². The summed E-state index contributed by atoms with van der Waals surface area (Å²) in [4.78, 5) is 2.34. The molecule has 1 atom stereocenters. The van der Waals surface area contributed by atoms with Gasteiger partial charge < -0.3 is 4.74 Å². The van der Waals surface area contributed by atoms with E-state index >= 15 is 0 Å². The predicted molar refractivity (Wildman–Crippen MR) is 58.8 cm³/mol. The number of tetrazole rings is 1. The first kappa shape index (κ1) is 11.5. The van der Waals surface area contributed by atoms with Gasteiger partial charge in [-0.3, -0.25) is 4.90 Å². The molecule has 0 bridgehead atoms. The molecule has 6 heteroatoms. The maximum absolute atomic E-state index is 5.50. The van der Waals surface area contributed by atoms with Crippen molar-refractivity contribution in [3.8, 4) is 0 Å². The number of morpholine rings is 1. The highest BCUT2D eigenvalue weighted by molar-refractivity contribution is 4.82. The lowest BCUT2D eigenvalue weighted by atomic mass is 10.3. The van der Waals surface area contributed by atoms with Crippen LogP contribution in [0.2, 0.25) is 0 Å². The fourth-order valence-corrected chi connectivity index (χ4v) is 1.96. The Balaban J connectivity index is 1.94. The zero-order chi connectivity index (χ0) is 11.4. The Morgan fingerprint density at radius 2 is 2.38 bits per heavy atom. The average molecular weight is 225 g/mol. The largest absolute Gasteiger partial charge is 0.376 e. The molecule has 1 aromatic heterocycles. The van der Waals surface area contributed by atoms with Crippen LogP contribution in [0.4, 0.5) is 0 Å². The Morgan fingerprint density at radius 1 is 1.50 bits per heavy atom. The van der Waals surface area contributed by atoms with Gasteiger partial charge in [-0.15, -0.1) is 5.10 Å². The van der Waals surface area contributed by atoms with Crippen LogP contribution in [-0.2, 0) is 17.8 Å². The minimum absolute atomic E-state index is 0.309. The van der Waals surface area contributed by atoms with Gasteiger partial charge in [0.1, 0.15) is 0 Å². The molecule has 90 valence electrons. The number of aryl methyl sites for hydroxylation is 1. The maximum atomic E-state index is 5.50. The monoisotopic (exact) mass is 225 g/mol. The van der Waals surface area contributed by atoms with E-state index in [0.717, 1.165) is 45.0 Å². The van der Waals surface area contributed by atoms with Gasteiger partial charge in [0.2, 0.25) is 0 Å². The van der Waals surface area contributed by atoms with Crippen LogP contribution < -0.4 is 0 Å². The fourth-order valence-electron chi connectivity index (χ4n) is 1.96. The third-order valence-corrected chi connectivity index (χ3v) is 2.73. The highest BCUT2D eigenvalue weighted by Crippen LogP contribution is 2.08. The average Bonchev–Trinajstić information content (AvgIpc) is 2.66. The molecule has 1 unspecified atom stereocenters. The normalized spacial score (nSPS) is 22.5. The Kier molecular flexibility index (Phi) is 3.84.